The number of ether oxygens (including phenoxy) is 1. The van der Waals surface area contributed by atoms with Gasteiger partial charge in [0.25, 0.3) is 0 Å². The Labute approximate surface area is 127 Å². The third kappa shape index (κ3) is 1.98. The lowest BCUT2D eigenvalue weighted by molar-refractivity contribution is 0.0446. The average molecular weight is 302 g/mol. The highest BCUT2D eigenvalue weighted by atomic mass is 16.6. The molecule has 4 rings (SSSR count). The zero-order valence-corrected chi connectivity index (χ0v) is 12.7. The summed E-state index contributed by atoms with van der Waals surface area (Å²) in [4.78, 5) is 22.7. The fourth-order valence-electron chi connectivity index (χ4n) is 3.36. The Morgan fingerprint density at radius 3 is 3.05 bits per heavy atom. The van der Waals surface area contributed by atoms with Crippen LogP contribution in [-0.2, 0) is 11.8 Å². The van der Waals surface area contributed by atoms with E-state index in [4.69, 9.17) is 4.74 Å². The largest absolute Gasteiger partial charge is 0.439 e. The summed E-state index contributed by atoms with van der Waals surface area (Å²) in [5.41, 5.74) is 0.381. The SMILES string of the molecule is Cc1nc(N2CCCC3(CNC(=O)O3)C2)c2cnn(C)c2n1. The van der Waals surface area contributed by atoms with Gasteiger partial charge in [0.2, 0.25) is 0 Å². The number of carbonyl (C=O) groups excluding carboxylic acids is 1. The zero-order chi connectivity index (χ0) is 15.3. The first-order valence-corrected chi connectivity index (χ1v) is 7.44. The van der Waals surface area contributed by atoms with Gasteiger partial charge in [-0.05, 0) is 19.8 Å². The fraction of sp³-hybridized carbons (Fsp3) is 0.571. The van der Waals surface area contributed by atoms with Crippen LogP contribution in [0.5, 0.6) is 0 Å². The molecule has 2 aliphatic heterocycles. The molecule has 1 amide bonds. The van der Waals surface area contributed by atoms with Crippen molar-refractivity contribution in [3.05, 3.63) is 12.0 Å². The predicted octanol–water partition coefficient (Wildman–Crippen LogP) is 0.751. The Bertz CT molecular complexity index is 757. The lowest BCUT2D eigenvalue weighted by atomic mass is 9.93. The van der Waals surface area contributed by atoms with Crippen molar-refractivity contribution in [2.75, 3.05) is 24.5 Å². The highest BCUT2D eigenvalue weighted by Crippen LogP contribution is 2.32. The van der Waals surface area contributed by atoms with Crippen LogP contribution in [0.2, 0.25) is 0 Å². The maximum atomic E-state index is 11.4. The van der Waals surface area contributed by atoms with Crippen LogP contribution in [0.1, 0.15) is 18.7 Å². The zero-order valence-electron chi connectivity index (χ0n) is 12.7. The summed E-state index contributed by atoms with van der Waals surface area (Å²) in [6.07, 6.45) is 3.30. The molecule has 1 spiro atoms. The number of aryl methyl sites for hydroxylation is 2. The first kappa shape index (κ1) is 13.3. The Hall–Kier alpha value is -2.38. The Morgan fingerprint density at radius 2 is 2.27 bits per heavy atom. The van der Waals surface area contributed by atoms with Gasteiger partial charge in [-0.2, -0.15) is 5.10 Å². The smallest absolute Gasteiger partial charge is 0.407 e. The third-order valence-corrected chi connectivity index (χ3v) is 4.39. The summed E-state index contributed by atoms with van der Waals surface area (Å²) in [7, 11) is 1.87. The van der Waals surface area contributed by atoms with Crippen molar-refractivity contribution in [1.29, 1.82) is 0 Å². The molecule has 4 heterocycles. The number of alkyl carbamates (subject to hydrolysis) is 1. The molecule has 2 aromatic heterocycles. The van der Waals surface area contributed by atoms with Gasteiger partial charge in [0.1, 0.15) is 17.2 Å². The molecule has 8 heteroatoms. The topological polar surface area (TPSA) is 85.2 Å². The number of nitrogens with one attached hydrogen (secondary N) is 1. The van der Waals surface area contributed by atoms with Gasteiger partial charge in [0.15, 0.2) is 5.65 Å². The predicted molar refractivity (Wildman–Crippen MR) is 79.7 cm³/mol. The minimum atomic E-state index is -0.442. The first-order valence-electron chi connectivity index (χ1n) is 7.44. The van der Waals surface area contributed by atoms with E-state index in [1.165, 1.54) is 0 Å². The number of hydrogen-bond donors (Lipinski definition) is 1. The Morgan fingerprint density at radius 1 is 1.41 bits per heavy atom. The maximum Gasteiger partial charge on any atom is 0.407 e. The third-order valence-electron chi connectivity index (χ3n) is 4.39. The normalized spacial score (nSPS) is 24.8. The lowest BCUT2D eigenvalue weighted by Crippen LogP contribution is -2.50. The number of amides is 1. The number of piperidine rings is 1. The molecule has 0 bridgehead atoms. The van der Waals surface area contributed by atoms with Crippen LogP contribution in [-0.4, -0.2) is 51.1 Å². The molecule has 2 fully saturated rings. The standard InChI is InChI=1S/C14H18N6O2/c1-9-17-11-10(6-16-19(11)2)12(18-9)20-5-3-4-14(8-20)7-15-13(21)22-14/h6H,3-5,7-8H2,1-2H3,(H,15,21). The number of aromatic nitrogens is 4. The first-order chi connectivity index (χ1) is 10.6. The van der Waals surface area contributed by atoms with Crippen LogP contribution in [0.15, 0.2) is 6.20 Å². The molecule has 1 N–H and O–H groups in total. The highest BCUT2D eigenvalue weighted by Gasteiger charge is 2.44. The van der Waals surface area contributed by atoms with E-state index in [1.807, 2.05) is 14.0 Å². The average Bonchev–Trinajstić information content (AvgIpc) is 3.03. The van der Waals surface area contributed by atoms with Crippen molar-refractivity contribution >= 4 is 22.9 Å². The Kier molecular flexibility index (Phi) is 2.75. The summed E-state index contributed by atoms with van der Waals surface area (Å²) in [6, 6.07) is 0. The molecule has 1 unspecified atom stereocenters. The minimum Gasteiger partial charge on any atom is -0.439 e. The number of rotatable bonds is 1. The van der Waals surface area contributed by atoms with Crippen LogP contribution in [0.25, 0.3) is 11.0 Å². The van der Waals surface area contributed by atoms with Gasteiger partial charge in [-0.25, -0.2) is 14.8 Å². The van der Waals surface area contributed by atoms with Crippen LogP contribution in [0, 0.1) is 6.92 Å². The molecule has 8 nitrogen and oxygen atoms in total. The molecule has 1 atom stereocenters. The van der Waals surface area contributed by atoms with Gasteiger partial charge in [-0.15, -0.1) is 0 Å². The van der Waals surface area contributed by atoms with Crippen LogP contribution < -0.4 is 10.2 Å². The molecule has 0 aliphatic carbocycles. The van der Waals surface area contributed by atoms with Gasteiger partial charge in [0, 0.05) is 13.6 Å². The second kappa shape index (κ2) is 4.56. The molecule has 22 heavy (non-hydrogen) atoms. The number of hydrogen-bond acceptors (Lipinski definition) is 6. The van der Waals surface area contributed by atoms with Crippen molar-refractivity contribution in [3.8, 4) is 0 Å². The molecule has 2 aliphatic rings. The van der Waals surface area contributed by atoms with Crippen LogP contribution in [0.4, 0.5) is 10.6 Å². The summed E-state index contributed by atoms with van der Waals surface area (Å²) in [6.45, 7) is 3.97. The fourth-order valence-corrected chi connectivity index (χ4v) is 3.36. The minimum absolute atomic E-state index is 0.327. The molecule has 2 saturated heterocycles. The molecule has 116 valence electrons. The van der Waals surface area contributed by atoms with Crippen molar-refractivity contribution in [3.63, 3.8) is 0 Å². The van der Waals surface area contributed by atoms with Gasteiger partial charge >= 0.3 is 6.09 Å². The van der Waals surface area contributed by atoms with E-state index < -0.39 is 5.60 Å². The summed E-state index contributed by atoms with van der Waals surface area (Å²) in [5.74, 6) is 1.59. The van der Waals surface area contributed by atoms with Crippen molar-refractivity contribution in [2.45, 2.75) is 25.4 Å². The van der Waals surface area contributed by atoms with Crippen molar-refractivity contribution < 1.29 is 9.53 Å². The molecule has 2 aromatic rings. The van der Waals surface area contributed by atoms with E-state index in [-0.39, 0.29) is 6.09 Å². The van der Waals surface area contributed by atoms with Gasteiger partial charge in [-0.3, -0.25) is 4.68 Å². The Balaban J connectivity index is 1.74. The second-order valence-corrected chi connectivity index (χ2v) is 6.05. The van der Waals surface area contributed by atoms with Crippen LogP contribution in [0.3, 0.4) is 0 Å². The maximum absolute atomic E-state index is 11.4. The van der Waals surface area contributed by atoms with E-state index in [0.29, 0.717) is 18.9 Å². The van der Waals surface area contributed by atoms with E-state index in [9.17, 15) is 4.79 Å². The second-order valence-electron chi connectivity index (χ2n) is 6.05. The van der Waals surface area contributed by atoms with E-state index in [0.717, 1.165) is 36.2 Å². The van der Waals surface area contributed by atoms with E-state index >= 15 is 0 Å². The van der Waals surface area contributed by atoms with Gasteiger partial charge < -0.3 is 15.0 Å². The summed E-state index contributed by atoms with van der Waals surface area (Å²) >= 11 is 0. The number of nitrogens with zero attached hydrogens (tertiary/aromatic N) is 5. The molecular formula is C14H18N6O2. The molecule has 0 saturated carbocycles. The monoisotopic (exact) mass is 302 g/mol. The molecule has 0 radical (unpaired) electrons. The number of fused-ring (bicyclic) bond motifs is 1. The number of carbonyl (C=O) groups is 1. The number of anilines is 1. The van der Waals surface area contributed by atoms with Gasteiger partial charge in [0.05, 0.1) is 24.7 Å². The van der Waals surface area contributed by atoms with E-state index in [1.54, 1.807) is 10.9 Å². The van der Waals surface area contributed by atoms with Crippen LogP contribution >= 0.6 is 0 Å². The van der Waals surface area contributed by atoms with Crippen molar-refractivity contribution in [2.24, 2.45) is 7.05 Å². The molecular weight excluding hydrogens is 284 g/mol. The highest BCUT2D eigenvalue weighted by molar-refractivity contribution is 5.87. The quantitative estimate of drug-likeness (QED) is 0.837. The molecule has 0 aromatic carbocycles. The lowest BCUT2D eigenvalue weighted by Gasteiger charge is -2.38. The van der Waals surface area contributed by atoms with Gasteiger partial charge in [-0.1, -0.05) is 0 Å². The van der Waals surface area contributed by atoms with Crippen molar-refractivity contribution in [1.82, 2.24) is 25.1 Å². The summed E-state index contributed by atoms with van der Waals surface area (Å²) in [5, 5.41) is 7.98. The summed E-state index contributed by atoms with van der Waals surface area (Å²) < 4.78 is 7.29. The van der Waals surface area contributed by atoms with E-state index in [2.05, 4.69) is 25.3 Å².